The van der Waals surface area contributed by atoms with Crippen molar-refractivity contribution in [2.45, 2.75) is 76.6 Å². The van der Waals surface area contributed by atoms with Crippen LogP contribution in [-0.4, -0.2) is 23.8 Å². The summed E-state index contributed by atoms with van der Waals surface area (Å²) in [5, 5.41) is 6.56. The number of rotatable bonds is 5. The van der Waals surface area contributed by atoms with E-state index in [0.717, 1.165) is 25.3 Å². The highest BCUT2D eigenvalue weighted by atomic mass is 16.6. The molecule has 1 aromatic carbocycles. The Morgan fingerprint density at radius 3 is 2.52 bits per heavy atom. The summed E-state index contributed by atoms with van der Waals surface area (Å²) in [6.45, 7) is 6.58. The lowest BCUT2D eigenvalue weighted by Gasteiger charge is -2.37. The van der Waals surface area contributed by atoms with Gasteiger partial charge in [-0.15, -0.1) is 0 Å². The van der Waals surface area contributed by atoms with Crippen molar-refractivity contribution in [3.05, 3.63) is 35.4 Å². The molecular weight excluding hydrogens is 288 g/mol. The molecular formula is C19H28N2O2. The molecule has 4 nitrogen and oxygen atoms in total. The first kappa shape index (κ1) is 16.3. The molecule has 2 N–H and O–H groups in total. The molecule has 1 amide bonds. The van der Waals surface area contributed by atoms with Crippen molar-refractivity contribution in [1.29, 1.82) is 0 Å². The van der Waals surface area contributed by atoms with E-state index in [-0.39, 0.29) is 12.1 Å². The lowest BCUT2D eigenvalue weighted by molar-refractivity contribution is 0.0465. The van der Waals surface area contributed by atoms with E-state index in [0.29, 0.717) is 6.04 Å². The van der Waals surface area contributed by atoms with Gasteiger partial charge in [-0.3, -0.25) is 0 Å². The van der Waals surface area contributed by atoms with Crippen LogP contribution in [0.5, 0.6) is 0 Å². The molecule has 2 aliphatic rings. The number of hydrogen-bond acceptors (Lipinski definition) is 3. The predicted octanol–water partition coefficient (Wildman–Crippen LogP) is 3.71. The van der Waals surface area contributed by atoms with Crippen molar-refractivity contribution in [2.24, 2.45) is 0 Å². The van der Waals surface area contributed by atoms with Gasteiger partial charge in [0.1, 0.15) is 5.60 Å². The molecule has 4 heteroatoms. The zero-order valence-electron chi connectivity index (χ0n) is 14.4. The molecule has 0 unspecified atom stereocenters. The summed E-state index contributed by atoms with van der Waals surface area (Å²) in [6, 6.07) is 9.49. The molecule has 2 saturated carbocycles. The summed E-state index contributed by atoms with van der Waals surface area (Å²) >= 11 is 0. The summed E-state index contributed by atoms with van der Waals surface area (Å²) < 4.78 is 5.29. The topological polar surface area (TPSA) is 50.4 Å². The summed E-state index contributed by atoms with van der Waals surface area (Å²) in [7, 11) is 0. The Balaban J connectivity index is 1.39. The fourth-order valence-electron chi connectivity index (χ4n) is 3.12. The van der Waals surface area contributed by atoms with Gasteiger partial charge in [-0.2, -0.15) is 0 Å². The molecule has 23 heavy (non-hydrogen) atoms. The second-order valence-electron chi connectivity index (χ2n) is 7.87. The number of nitrogens with one attached hydrogen (secondary N) is 2. The van der Waals surface area contributed by atoms with Gasteiger partial charge >= 0.3 is 6.09 Å². The van der Waals surface area contributed by atoms with E-state index in [1.807, 2.05) is 20.8 Å². The zero-order chi connectivity index (χ0) is 16.4. The Morgan fingerprint density at radius 2 is 1.87 bits per heavy atom. The molecule has 126 valence electrons. The van der Waals surface area contributed by atoms with E-state index in [1.54, 1.807) is 0 Å². The Kier molecular flexibility index (Phi) is 4.62. The largest absolute Gasteiger partial charge is 0.444 e. The van der Waals surface area contributed by atoms with Crippen LogP contribution in [-0.2, 0) is 11.3 Å². The smallest absolute Gasteiger partial charge is 0.407 e. The molecule has 0 aromatic heterocycles. The highest BCUT2D eigenvalue weighted by Gasteiger charge is 2.32. The van der Waals surface area contributed by atoms with Crippen LogP contribution >= 0.6 is 0 Å². The number of carbonyl (C=O) groups is 1. The summed E-state index contributed by atoms with van der Waals surface area (Å²) in [5.74, 6) is 0.788. The predicted molar refractivity (Wildman–Crippen MR) is 91.4 cm³/mol. The minimum atomic E-state index is -0.433. The minimum absolute atomic E-state index is 0.237. The number of alkyl carbamates (subject to hydrolysis) is 1. The van der Waals surface area contributed by atoms with Crippen LogP contribution in [0.15, 0.2) is 24.3 Å². The number of ether oxygens (including phenoxy) is 1. The van der Waals surface area contributed by atoms with Gasteiger partial charge in [-0.25, -0.2) is 4.79 Å². The van der Waals surface area contributed by atoms with Crippen LogP contribution in [0.4, 0.5) is 4.79 Å². The highest BCUT2D eigenvalue weighted by molar-refractivity contribution is 5.68. The normalized spacial score (nSPS) is 24.0. The Hall–Kier alpha value is -1.55. The molecule has 0 bridgehead atoms. The number of carbonyl (C=O) groups excluding carboxylic acids is 1. The molecule has 0 radical (unpaired) electrons. The average Bonchev–Trinajstić information content (AvgIpc) is 3.24. The van der Waals surface area contributed by atoms with E-state index in [2.05, 4.69) is 34.9 Å². The first-order valence-corrected chi connectivity index (χ1v) is 8.71. The Bertz CT molecular complexity index is 555. The third kappa shape index (κ3) is 4.71. The third-order valence-corrected chi connectivity index (χ3v) is 4.51. The Labute approximate surface area is 139 Å². The molecule has 0 spiro atoms. The van der Waals surface area contributed by atoms with Gasteiger partial charge in [0, 0.05) is 18.6 Å². The number of hydrogen-bond donors (Lipinski definition) is 2. The van der Waals surface area contributed by atoms with E-state index in [4.69, 9.17) is 4.74 Å². The maximum atomic E-state index is 11.7. The SMILES string of the molecule is CC(C)(C)OC(=O)NC1CC(NCc2ccccc2C2CC2)C1. The first-order chi connectivity index (χ1) is 10.9. The quantitative estimate of drug-likeness (QED) is 0.870. The van der Waals surface area contributed by atoms with Crippen LogP contribution in [0.25, 0.3) is 0 Å². The zero-order valence-corrected chi connectivity index (χ0v) is 14.4. The van der Waals surface area contributed by atoms with Crippen LogP contribution < -0.4 is 10.6 Å². The van der Waals surface area contributed by atoms with Gasteiger partial charge < -0.3 is 15.4 Å². The van der Waals surface area contributed by atoms with E-state index < -0.39 is 5.60 Å². The van der Waals surface area contributed by atoms with E-state index in [9.17, 15) is 4.79 Å². The molecule has 0 aliphatic heterocycles. The highest BCUT2D eigenvalue weighted by Crippen LogP contribution is 2.41. The first-order valence-electron chi connectivity index (χ1n) is 8.71. The monoisotopic (exact) mass is 316 g/mol. The van der Waals surface area contributed by atoms with Crippen molar-refractivity contribution < 1.29 is 9.53 Å². The fraction of sp³-hybridized carbons (Fsp3) is 0.632. The number of benzene rings is 1. The van der Waals surface area contributed by atoms with Gasteiger partial charge in [0.25, 0.3) is 0 Å². The van der Waals surface area contributed by atoms with Gasteiger partial charge in [-0.05, 0) is 63.5 Å². The maximum absolute atomic E-state index is 11.7. The summed E-state index contributed by atoms with van der Waals surface area (Å²) in [6.07, 6.45) is 4.32. The van der Waals surface area contributed by atoms with Gasteiger partial charge in [0.2, 0.25) is 0 Å². The van der Waals surface area contributed by atoms with Crippen molar-refractivity contribution in [2.75, 3.05) is 0 Å². The molecule has 0 heterocycles. The molecule has 0 atom stereocenters. The van der Waals surface area contributed by atoms with Gasteiger partial charge in [0.05, 0.1) is 0 Å². The lowest BCUT2D eigenvalue weighted by atomic mass is 9.86. The second kappa shape index (κ2) is 6.52. The third-order valence-electron chi connectivity index (χ3n) is 4.51. The molecule has 2 fully saturated rings. The van der Waals surface area contributed by atoms with E-state index in [1.165, 1.54) is 24.0 Å². The van der Waals surface area contributed by atoms with Crippen molar-refractivity contribution >= 4 is 6.09 Å². The van der Waals surface area contributed by atoms with Crippen molar-refractivity contribution in [1.82, 2.24) is 10.6 Å². The lowest BCUT2D eigenvalue weighted by Crippen LogP contribution is -2.53. The van der Waals surface area contributed by atoms with Gasteiger partial charge in [-0.1, -0.05) is 24.3 Å². The van der Waals surface area contributed by atoms with Crippen LogP contribution in [0, 0.1) is 0 Å². The number of amides is 1. The maximum Gasteiger partial charge on any atom is 0.407 e. The van der Waals surface area contributed by atoms with Gasteiger partial charge in [0.15, 0.2) is 0 Å². The molecule has 0 saturated heterocycles. The standard InChI is InChI=1S/C19H28N2O2/c1-19(2,3)23-18(22)21-16-10-15(11-16)20-12-14-6-4-5-7-17(14)13-8-9-13/h4-7,13,15-16,20H,8-12H2,1-3H3,(H,21,22). The Morgan fingerprint density at radius 1 is 1.17 bits per heavy atom. The minimum Gasteiger partial charge on any atom is -0.444 e. The van der Waals surface area contributed by atoms with Crippen LogP contribution in [0.1, 0.15) is 63.5 Å². The molecule has 1 aromatic rings. The summed E-state index contributed by atoms with van der Waals surface area (Å²) in [5.41, 5.74) is 2.51. The second-order valence-corrected chi connectivity index (χ2v) is 7.87. The van der Waals surface area contributed by atoms with Crippen LogP contribution in [0.2, 0.25) is 0 Å². The van der Waals surface area contributed by atoms with Crippen molar-refractivity contribution in [3.8, 4) is 0 Å². The molecule has 2 aliphatic carbocycles. The summed E-state index contributed by atoms with van der Waals surface area (Å²) in [4.78, 5) is 11.7. The van der Waals surface area contributed by atoms with Crippen LogP contribution in [0.3, 0.4) is 0 Å². The molecule has 3 rings (SSSR count). The van der Waals surface area contributed by atoms with E-state index >= 15 is 0 Å². The fourth-order valence-corrected chi connectivity index (χ4v) is 3.12. The average molecular weight is 316 g/mol. The van der Waals surface area contributed by atoms with Crippen molar-refractivity contribution in [3.63, 3.8) is 0 Å².